The van der Waals surface area contributed by atoms with Gasteiger partial charge in [0.2, 0.25) is 0 Å². The summed E-state index contributed by atoms with van der Waals surface area (Å²) in [4.78, 5) is 31.8. The molecule has 0 aromatic carbocycles. The summed E-state index contributed by atoms with van der Waals surface area (Å²) < 4.78 is 13.1. The Kier molecular flexibility index (Phi) is 4.23. The van der Waals surface area contributed by atoms with Gasteiger partial charge >= 0.3 is 0 Å². The molecule has 3 N–H and O–H groups in total. The molecule has 2 amide bonds. The predicted octanol–water partition coefficient (Wildman–Crippen LogP) is 1.84. The van der Waals surface area contributed by atoms with E-state index in [-0.39, 0.29) is 17.1 Å². The highest BCUT2D eigenvalue weighted by molar-refractivity contribution is 6.11. The summed E-state index contributed by atoms with van der Waals surface area (Å²) >= 11 is 0. The Morgan fingerprint density at radius 2 is 1.96 bits per heavy atom. The van der Waals surface area contributed by atoms with Gasteiger partial charge in [-0.2, -0.15) is 5.10 Å². The van der Waals surface area contributed by atoms with Gasteiger partial charge < -0.3 is 10.6 Å². The number of aromatic nitrogens is 4. The lowest BCUT2D eigenvalue weighted by Crippen LogP contribution is -2.18. The third-order valence-electron chi connectivity index (χ3n) is 2.99. The van der Waals surface area contributed by atoms with Gasteiger partial charge in [-0.15, -0.1) is 0 Å². The molecule has 0 unspecified atom stereocenters. The number of halogens is 1. The molecule has 0 saturated heterocycles. The maximum atomic E-state index is 13.1. The number of hydrogen-bond donors (Lipinski definition) is 3. The number of H-pyrrole nitrogens is 1. The molecule has 0 aliphatic rings. The number of aromatic amines is 1. The van der Waals surface area contributed by atoms with Crippen LogP contribution in [0.25, 0.3) is 0 Å². The first kappa shape index (κ1) is 15.3. The zero-order valence-electron chi connectivity index (χ0n) is 12.2. The second kappa shape index (κ2) is 6.65. The lowest BCUT2D eigenvalue weighted by atomic mass is 10.2. The van der Waals surface area contributed by atoms with Gasteiger partial charge in [0.1, 0.15) is 5.82 Å². The molecule has 8 nitrogen and oxygen atoms in total. The summed E-state index contributed by atoms with van der Waals surface area (Å²) in [7, 11) is 0. The summed E-state index contributed by atoms with van der Waals surface area (Å²) in [5.41, 5.74) is 0.647. The van der Waals surface area contributed by atoms with E-state index in [2.05, 4.69) is 30.8 Å². The monoisotopic (exact) mass is 326 g/mol. The number of anilines is 2. The SMILES string of the molecule is O=C(Nc1c[nH]nc1C(=O)Nc1cncc(F)c1)c1cccnc1. The van der Waals surface area contributed by atoms with Crippen LogP contribution in [0, 0.1) is 5.82 Å². The number of carbonyl (C=O) groups is 2. The first-order valence-electron chi connectivity index (χ1n) is 6.80. The largest absolute Gasteiger partial charge is 0.319 e. The smallest absolute Gasteiger partial charge is 0.278 e. The number of rotatable bonds is 4. The number of amides is 2. The zero-order valence-corrected chi connectivity index (χ0v) is 12.2. The van der Waals surface area contributed by atoms with E-state index >= 15 is 0 Å². The Balaban J connectivity index is 1.75. The minimum atomic E-state index is -0.620. The van der Waals surface area contributed by atoms with Gasteiger partial charge in [-0.25, -0.2) is 4.39 Å². The topological polar surface area (TPSA) is 113 Å². The van der Waals surface area contributed by atoms with Crippen molar-refractivity contribution in [2.24, 2.45) is 0 Å². The molecule has 3 rings (SSSR count). The minimum absolute atomic E-state index is 0.0449. The van der Waals surface area contributed by atoms with Crippen molar-refractivity contribution >= 4 is 23.2 Å². The summed E-state index contributed by atoms with van der Waals surface area (Å²) in [6, 6.07) is 4.32. The van der Waals surface area contributed by atoms with Gasteiger partial charge in [0.05, 0.1) is 29.3 Å². The van der Waals surface area contributed by atoms with E-state index < -0.39 is 17.6 Å². The molecule has 0 aliphatic carbocycles. The molecule has 3 aromatic rings. The maximum absolute atomic E-state index is 13.1. The van der Waals surface area contributed by atoms with Gasteiger partial charge in [-0.1, -0.05) is 0 Å². The number of nitrogens with one attached hydrogen (secondary N) is 3. The summed E-state index contributed by atoms with van der Waals surface area (Å²) in [5, 5.41) is 11.3. The number of nitrogens with zero attached hydrogens (tertiary/aromatic N) is 3. The fourth-order valence-corrected chi connectivity index (χ4v) is 1.92. The zero-order chi connectivity index (χ0) is 16.9. The number of carbonyl (C=O) groups excluding carboxylic acids is 2. The molecule has 3 aromatic heterocycles. The van der Waals surface area contributed by atoms with E-state index in [9.17, 15) is 14.0 Å². The average Bonchev–Trinajstić information content (AvgIpc) is 3.04. The third-order valence-corrected chi connectivity index (χ3v) is 2.99. The molecule has 24 heavy (non-hydrogen) atoms. The molecule has 9 heteroatoms. The first-order valence-corrected chi connectivity index (χ1v) is 6.80. The minimum Gasteiger partial charge on any atom is -0.319 e. The average molecular weight is 326 g/mol. The quantitative estimate of drug-likeness (QED) is 0.677. The summed E-state index contributed by atoms with van der Waals surface area (Å²) in [6.45, 7) is 0. The van der Waals surface area contributed by atoms with Gasteiger partial charge in [-0.3, -0.25) is 24.7 Å². The molecule has 3 heterocycles. The molecule has 120 valence electrons. The molecule has 0 atom stereocenters. The van der Waals surface area contributed by atoms with Gasteiger partial charge in [0.25, 0.3) is 11.8 Å². The van der Waals surface area contributed by atoms with Gasteiger partial charge in [0.15, 0.2) is 5.69 Å². The highest BCUT2D eigenvalue weighted by atomic mass is 19.1. The van der Waals surface area contributed by atoms with E-state index in [0.717, 1.165) is 12.3 Å². The fraction of sp³-hybridized carbons (Fsp3) is 0. The van der Waals surface area contributed by atoms with Crippen LogP contribution in [0.3, 0.4) is 0 Å². The highest BCUT2D eigenvalue weighted by Crippen LogP contribution is 2.16. The molecule has 0 radical (unpaired) electrons. The number of hydrogen-bond acceptors (Lipinski definition) is 5. The molecule has 0 bridgehead atoms. The van der Waals surface area contributed by atoms with Crippen LogP contribution in [0.4, 0.5) is 15.8 Å². The van der Waals surface area contributed by atoms with Crippen molar-refractivity contribution in [3.05, 3.63) is 66.3 Å². The van der Waals surface area contributed by atoms with Crippen LogP contribution < -0.4 is 10.6 Å². The second-order valence-corrected chi connectivity index (χ2v) is 4.69. The van der Waals surface area contributed by atoms with E-state index in [4.69, 9.17) is 0 Å². The standard InChI is InChI=1S/C15H11FN6O2/c16-10-4-11(7-18-6-10)20-15(24)13-12(8-19-22-13)21-14(23)9-2-1-3-17-5-9/h1-8H,(H,19,22)(H,20,24)(H,21,23). The third kappa shape index (κ3) is 3.40. The van der Waals surface area contributed by atoms with Crippen molar-refractivity contribution in [1.29, 1.82) is 0 Å². The lowest BCUT2D eigenvalue weighted by Gasteiger charge is -2.06. The van der Waals surface area contributed by atoms with Crippen LogP contribution in [0.1, 0.15) is 20.8 Å². The summed E-state index contributed by atoms with van der Waals surface area (Å²) in [5.74, 6) is -1.64. The Bertz CT molecular complexity index is 880. The van der Waals surface area contributed by atoms with Crippen molar-refractivity contribution in [3.8, 4) is 0 Å². The van der Waals surface area contributed by atoms with Crippen molar-refractivity contribution in [1.82, 2.24) is 20.2 Å². The van der Waals surface area contributed by atoms with Crippen molar-refractivity contribution in [3.63, 3.8) is 0 Å². The Morgan fingerprint density at radius 3 is 2.71 bits per heavy atom. The molecule has 0 aliphatic heterocycles. The summed E-state index contributed by atoms with van der Waals surface area (Å²) in [6.07, 6.45) is 6.62. The Hall–Kier alpha value is -3.62. The molecular formula is C15H11FN6O2. The van der Waals surface area contributed by atoms with Crippen LogP contribution in [0.15, 0.2) is 49.2 Å². The van der Waals surface area contributed by atoms with Crippen LogP contribution in [0.5, 0.6) is 0 Å². The Morgan fingerprint density at radius 1 is 1.08 bits per heavy atom. The lowest BCUT2D eigenvalue weighted by molar-refractivity contribution is 0.102. The van der Waals surface area contributed by atoms with E-state index in [0.29, 0.717) is 5.56 Å². The highest BCUT2D eigenvalue weighted by Gasteiger charge is 2.18. The van der Waals surface area contributed by atoms with Crippen LogP contribution in [-0.4, -0.2) is 32.0 Å². The first-order chi connectivity index (χ1) is 11.6. The van der Waals surface area contributed by atoms with Crippen molar-refractivity contribution < 1.29 is 14.0 Å². The van der Waals surface area contributed by atoms with E-state index in [1.54, 1.807) is 18.3 Å². The van der Waals surface area contributed by atoms with Crippen molar-refractivity contribution in [2.75, 3.05) is 10.6 Å². The maximum Gasteiger partial charge on any atom is 0.278 e. The fourth-order valence-electron chi connectivity index (χ4n) is 1.92. The van der Waals surface area contributed by atoms with Gasteiger partial charge in [-0.05, 0) is 12.1 Å². The van der Waals surface area contributed by atoms with Crippen LogP contribution in [-0.2, 0) is 0 Å². The van der Waals surface area contributed by atoms with Crippen molar-refractivity contribution in [2.45, 2.75) is 0 Å². The van der Waals surface area contributed by atoms with Crippen LogP contribution >= 0.6 is 0 Å². The molecule has 0 fully saturated rings. The van der Waals surface area contributed by atoms with Gasteiger partial charge in [0, 0.05) is 24.7 Å². The second-order valence-electron chi connectivity index (χ2n) is 4.69. The molecule has 0 saturated carbocycles. The normalized spacial score (nSPS) is 10.2. The predicted molar refractivity (Wildman–Crippen MR) is 82.9 cm³/mol. The van der Waals surface area contributed by atoms with Crippen LogP contribution in [0.2, 0.25) is 0 Å². The molecular weight excluding hydrogens is 315 g/mol. The number of pyridine rings is 2. The molecule has 0 spiro atoms. The Labute approximate surface area is 135 Å². The van der Waals surface area contributed by atoms with E-state index in [1.807, 2.05) is 0 Å². The van der Waals surface area contributed by atoms with E-state index in [1.165, 1.54) is 18.6 Å².